The van der Waals surface area contributed by atoms with Crippen LogP contribution in [0.1, 0.15) is 20.8 Å². The Bertz CT molecular complexity index is 49.9. The Morgan fingerprint density at radius 1 is 1.12 bits per heavy atom. The van der Waals surface area contributed by atoms with E-state index in [0.717, 1.165) is 0 Å². The van der Waals surface area contributed by atoms with E-state index in [1.54, 1.807) is 0 Å². The zero-order chi connectivity index (χ0) is 6.08. The molecule has 8 heavy (non-hydrogen) atoms. The van der Waals surface area contributed by atoms with Gasteiger partial charge in [0, 0.05) is 0 Å². The van der Waals surface area contributed by atoms with Crippen LogP contribution in [-0.4, -0.2) is 0 Å². The minimum absolute atomic E-state index is 0. The second kappa shape index (κ2) is 3.69. The predicted molar refractivity (Wildman–Crippen MR) is 33.7 cm³/mol. The van der Waals surface area contributed by atoms with Crippen molar-refractivity contribution in [2.24, 2.45) is 11.3 Å². The van der Waals surface area contributed by atoms with Crippen LogP contribution >= 0.6 is 0 Å². The van der Waals surface area contributed by atoms with Crippen molar-refractivity contribution in [1.82, 2.24) is 0 Å². The predicted octanol–water partition coefficient (Wildman–Crippen LogP) is 2.31. The van der Waals surface area contributed by atoms with Gasteiger partial charge in [-0.2, -0.15) is 0 Å². The summed E-state index contributed by atoms with van der Waals surface area (Å²) >= 11 is 0. The van der Waals surface area contributed by atoms with Gasteiger partial charge in [0.25, 0.3) is 0 Å². The van der Waals surface area contributed by atoms with Gasteiger partial charge in [-0.1, -0.05) is 26.2 Å². The Labute approximate surface area is 67.9 Å². The van der Waals surface area contributed by atoms with E-state index in [2.05, 4.69) is 34.6 Å². The Morgan fingerprint density at radius 3 is 1.25 bits per heavy atom. The van der Waals surface area contributed by atoms with Crippen LogP contribution in [0.5, 0.6) is 0 Å². The Hall–Kier alpha value is 0.714. The van der Waals surface area contributed by atoms with Crippen molar-refractivity contribution in [2.75, 3.05) is 0 Å². The molecule has 0 bridgehead atoms. The molecule has 46 valence electrons. The smallest absolute Gasteiger partial charge is 0.369 e. The fourth-order valence-corrected chi connectivity index (χ4v) is 0. The molecule has 0 aliphatic carbocycles. The van der Waals surface area contributed by atoms with Crippen molar-refractivity contribution >= 4 is 0 Å². The summed E-state index contributed by atoms with van der Waals surface area (Å²) < 4.78 is 0. The molecular formula is C7H14Ti. The molecule has 0 aliphatic rings. The third kappa shape index (κ3) is 4.86. The number of hydrogen-bond donors (Lipinski definition) is 0. The van der Waals surface area contributed by atoms with Crippen molar-refractivity contribution in [2.45, 2.75) is 20.8 Å². The standard InChI is InChI=1S/C7H14.Ti/c1-6(2)7(3,4)5;/h6H,1-2H2,3-5H3;/q-2;+2. The first kappa shape index (κ1) is 11.5. The minimum atomic E-state index is 0. The van der Waals surface area contributed by atoms with Crippen LogP contribution in [0, 0.1) is 25.2 Å². The Kier molecular flexibility index (Phi) is 5.30. The average molecular weight is 146 g/mol. The van der Waals surface area contributed by atoms with E-state index >= 15 is 0 Å². The van der Waals surface area contributed by atoms with E-state index in [9.17, 15) is 0 Å². The molecule has 0 aromatic rings. The van der Waals surface area contributed by atoms with Gasteiger partial charge >= 0.3 is 21.7 Å². The molecule has 0 aromatic heterocycles. The fraction of sp³-hybridized carbons (Fsp3) is 0.714. The van der Waals surface area contributed by atoms with Gasteiger partial charge in [0.15, 0.2) is 0 Å². The van der Waals surface area contributed by atoms with E-state index in [1.807, 2.05) is 0 Å². The second-order valence-electron chi connectivity index (χ2n) is 3.06. The molecule has 0 unspecified atom stereocenters. The first-order valence-electron chi connectivity index (χ1n) is 2.61. The summed E-state index contributed by atoms with van der Waals surface area (Å²) in [6, 6.07) is 0. The van der Waals surface area contributed by atoms with Gasteiger partial charge < -0.3 is 13.8 Å². The van der Waals surface area contributed by atoms with E-state index in [1.165, 1.54) is 0 Å². The van der Waals surface area contributed by atoms with Crippen molar-refractivity contribution in [3.63, 3.8) is 0 Å². The van der Waals surface area contributed by atoms with Crippen LogP contribution in [0.4, 0.5) is 0 Å². The first-order valence-corrected chi connectivity index (χ1v) is 2.61. The van der Waals surface area contributed by atoms with Crippen molar-refractivity contribution in [3.05, 3.63) is 13.8 Å². The van der Waals surface area contributed by atoms with Gasteiger partial charge in [-0.3, -0.25) is 5.92 Å². The van der Waals surface area contributed by atoms with E-state index < -0.39 is 0 Å². The van der Waals surface area contributed by atoms with E-state index in [0.29, 0.717) is 5.92 Å². The fourth-order valence-electron chi connectivity index (χ4n) is 0. The maximum absolute atomic E-state index is 3.80. The zero-order valence-electron chi connectivity index (χ0n) is 5.99. The molecular weight excluding hydrogens is 132 g/mol. The molecule has 0 saturated carbocycles. The maximum atomic E-state index is 3.80. The molecule has 1 heteroatoms. The summed E-state index contributed by atoms with van der Waals surface area (Å²) in [5, 5.41) is 0. The first-order chi connectivity index (χ1) is 2.94. The molecule has 0 rings (SSSR count). The van der Waals surface area contributed by atoms with Crippen LogP contribution in [0.2, 0.25) is 0 Å². The van der Waals surface area contributed by atoms with Crippen LogP contribution < -0.4 is 0 Å². The Balaban J connectivity index is 0. The normalized spacial score (nSPS) is 11.2. The largest absolute Gasteiger partial charge is 2.00 e. The summed E-state index contributed by atoms with van der Waals surface area (Å²) in [7, 11) is 0. The Morgan fingerprint density at radius 2 is 1.25 bits per heavy atom. The van der Waals surface area contributed by atoms with E-state index in [-0.39, 0.29) is 27.1 Å². The molecule has 0 spiro atoms. The van der Waals surface area contributed by atoms with Gasteiger partial charge in [0.2, 0.25) is 0 Å². The average Bonchev–Trinajstić information content (AvgIpc) is 1.31. The summed E-state index contributed by atoms with van der Waals surface area (Å²) in [4.78, 5) is 0. The summed E-state index contributed by atoms with van der Waals surface area (Å²) in [5.74, 6) is 0.299. The van der Waals surface area contributed by atoms with Crippen molar-refractivity contribution in [1.29, 1.82) is 0 Å². The van der Waals surface area contributed by atoms with Gasteiger partial charge in [0.1, 0.15) is 0 Å². The quantitative estimate of drug-likeness (QED) is 0.363. The third-order valence-electron chi connectivity index (χ3n) is 1.22. The molecule has 0 atom stereocenters. The monoisotopic (exact) mass is 146 g/mol. The molecule has 0 saturated heterocycles. The summed E-state index contributed by atoms with van der Waals surface area (Å²) in [5.41, 5.74) is 0.278. The number of hydrogen-bond acceptors (Lipinski definition) is 0. The van der Waals surface area contributed by atoms with Crippen molar-refractivity contribution < 1.29 is 21.7 Å². The van der Waals surface area contributed by atoms with Crippen LogP contribution in [0.15, 0.2) is 0 Å². The molecule has 0 fully saturated rings. The molecule has 0 heterocycles. The van der Waals surface area contributed by atoms with Gasteiger partial charge in [-0.15, -0.1) is 0 Å². The molecule has 0 aliphatic heterocycles. The topological polar surface area (TPSA) is 0 Å². The maximum Gasteiger partial charge on any atom is 2.00 e. The van der Waals surface area contributed by atoms with Gasteiger partial charge in [-0.05, 0) is 0 Å². The van der Waals surface area contributed by atoms with Crippen LogP contribution in [0.3, 0.4) is 0 Å². The molecule has 0 nitrogen and oxygen atoms in total. The van der Waals surface area contributed by atoms with Gasteiger partial charge in [-0.25, -0.2) is 0 Å². The third-order valence-corrected chi connectivity index (χ3v) is 1.22. The van der Waals surface area contributed by atoms with Gasteiger partial charge in [0.05, 0.1) is 0 Å². The zero-order valence-corrected chi connectivity index (χ0v) is 7.55. The molecule has 0 radical (unpaired) electrons. The molecule has 0 aromatic carbocycles. The van der Waals surface area contributed by atoms with Crippen LogP contribution in [0.25, 0.3) is 0 Å². The summed E-state index contributed by atoms with van der Waals surface area (Å²) in [6.45, 7) is 14.0. The van der Waals surface area contributed by atoms with Crippen LogP contribution in [-0.2, 0) is 21.7 Å². The minimum Gasteiger partial charge on any atom is -0.369 e. The SMILES string of the molecule is [CH2-]C([CH2-])C(C)(C)C.[Ti+2]. The number of rotatable bonds is 0. The molecule has 0 N–H and O–H groups in total. The van der Waals surface area contributed by atoms with E-state index in [4.69, 9.17) is 0 Å². The second-order valence-corrected chi connectivity index (χ2v) is 3.06. The summed E-state index contributed by atoms with van der Waals surface area (Å²) in [6.07, 6.45) is 0. The molecule has 0 amide bonds. The van der Waals surface area contributed by atoms with Crippen molar-refractivity contribution in [3.8, 4) is 0 Å².